The third-order valence-electron chi connectivity index (χ3n) is 4.85. The van der Waals surface area contributed by atoms with Crippen LogP contribution in [0, 0.1) is 28.8 Å². The summed E-state index contributed by atoms with van der Waals surface area (Å²) in [6, 6.07) is 12.2. The molecular weight excluding hydrogens is 493 g/mol. The number of amides is 1. The molecule has 34 heavy (non-hydrogen) atoms. The molecule has 3 aromatic rings. The maximum Gasteiger partial charge on any atom is 0.262 e. The van der Waals surface area contributed by atoms with E-state index in [1.165, 1.54) is 30.3 Å². The highest BCUT2D eigenvalue weighted by Gasteiger charge is 2.43. The van der Waals surface area contributed by atoms with Crippen LogP contribution in [0.25, 0.3) is 0 Å². The molecule has 3 aromatic carbocycles. The first-order valence-corrected chi connectivity index (χ1v) is 11.8. The number of anilines is 1. The van der Waals surface area contributed by atoms with Gasteiger partial charge in [-0.1, -0.05) is 29.8 Å². The number of aliphatic hydroxyl groups is 1. The van der Waals surface area contributed by atoms with Crippen LogP contribution < -0.4 is 5.32 Å². The highest BCUT2D eigenvalue weighted by atomic mass is 35.5. The fraction of sp³-hybridized carbons (Fsp3) is 0.130. The molecule has 0 aliphatic heterocycles. The van der Waals surface area contributed by atoms with E-state index in [1.54, 1.807) is 0 Å². The average Bonchev–Trinajstić information content (AvgIpc) is 2.76. The summed E-state index contributed by atoms with van der Waals surface area (Å²) in [7, 11) is -4.25. The van der Waals surface area contributed by atoms with Gasteiger partial charge in [0.1, 0.15) is 11.9 Å². The molecule has 6 nitrogen and oxygen atoms in total. The van der Waals surface area contributed by atoms with Gasteiger partial charge in [0.15, 0.2) is 27.1 Å². The predicted molar refractivity (Wildman–Crippen MR) is 119 cm³/mol. The van der Waals surface area contributed by atoms with E-state index in [0.29, 0.717) is 12.1 Å². The Kier molecular flexibility index (Phi) is 7.31. The number of carbonyl (C=O) groups is 1. The molecule has 0 aliphatic carbocycles. The summed E-state index contributed by atoms with van der Waals surface area (Å²) in [6.45, 7) is 0. The lowest BCUT2D eigenvalue weighted by Crippen LogP contribution is -2.46. The zero-order chi connectivity index (χ0) is 25.1. The summed E-state index contributed by atoms with van der Waals surface area (Å²) >= 11 is 5.94. The number of hydrogen-bond acceptors (Lipinski definition) is 5. The van der Waals surface area contributed by atoms with Crippen molar-refractivity contribution in [3.8, 4) is 6.07 Å². The van der Waals surface area contributed by atoms with E-state index < -0.39 is 55.9 Å². The first kappa shape index (κ1) is 25.2. The van der Waals surface area contributed by atoms with Crippen LogP contribution in [0.5, 0.6) is 0 Å². The normalized spacial score (nSPS) is 13.1. The minimum Gasteiger partial charge on any atom is -0.374 e. The maximum absolute atomic E-state index is 13.9. The van der Waals surface area contributed by atoms with E-state index in [9.17, 15) is 31.5 Å². The second-order valence-electron chi connectivity index (χ2n) is 7.41. The molecule has 0 fully saturated rings. The quantitative estimate of drug-likeness (QED) is 0.500. The Morgan fingerprint density at radius 2 is 1.71 bits per heavy atom. The lowest BCUT2D eigenvalue weighted by Gasteiger charge is -2.27. The zero-order valence-electron chi connectivity index (χ0n) is 17.2. The molecular formula is C23H16ClF3N2O4S. The fourth-order valence-electron chi connectivity index (χ4n) is 3.16. The summed E-state index contributed by atoms with van der Waals surface area (Å²) in [4.78, 5) is 13.1. The molecule has 176 valence electrons. The van der Waals surface area contributed by atoms with Crippen molar-refractivity contribution in [3.05, 3.63) is 99.8 Å². The largest absolute Gasteiger partial charge is 0.374 e. The van der Waals surface area contributed by atoms with E-state index in [0.717, 1.165) is 18.2 Å². The van der Waals surface area contributed by atoms with Crippen LogP contribution in [0.2, 0.25) is 5.02 Å². The molecule has 0 heterocycles. The summed E-state index contributed by atoms with van der Waals surface area (Å²) in [5.41, 5.74) is -3.03. The third-order valence-corrected chi connectivity index (χ3v) is 6.79. The van der Waals surface area contributed by atoms with Crippen LogP contribution in [0.1, 0.15) is 16.7 Å². The molecule has 0 radical (unpaired) electrons. The molecule has 0 aliphatic rings. The van der Waals surface area contributed by atoms with Gasteiger partial charge < -0.3 is 10.4 Å². The molecule has 11 heteroatoms. The Morgan fingerprint density at radius 3 is 2.29 bits per heavy atom. The van der Waals surface area contributed by atoms with Crippen LogP contribution >= 0.6 is 11.6 Å². The van der Waals surface area contributed by atoms with E-state index in [4.69, 9.17) is 16.9 Å². The Morgan fingerprint density at radius 1 is 1.03 bits per heavy atom. The highest BCUT2D eigenvalue weighted by molar-refractivity contribution is 7.90. The van der Waals surface area contributed by atoms with Crippen molar-refractivity contribution in [2.24, 2.45) is 0 Å². The SMILES string of the molecule is N#Cc1ccc(NC(=O)C(O)(CS(=O)(=O)Cc2ccc(F)cc2)c2ccc(F)c(F)c2)cc1Cl. The van der Waals surface area contributed by atoms with Crippen molar-refractivity contribution >= 4 is 33.0 Å². The van der Waals surface area contributed by atoms with Crippen molar-refractivity contribution in [2.75, 3.05) is 11.1 Å². The molecule has 0 bridgehead atoms. The topological polar surface area (TPSA) is 107 Å². The maximum atomic E-state index is 13.9. The van der Waals surface area contributed by atoms with Gasteiger partial charge in [0, 0.05) is 5.69 Å². The van der Waals surface area contributed by atoms with E-state index >= 15 is 0 Å². The molecule has 0 saturated carbocycles. The number of halogens is 4. The Labute approximate surface area is 198 Å². The number of carbonyl (C=O) groups excluding carboxylic acids is 1. The average molecular weight is 509 g/mol. The Hall–Kier alpha value is -3.39. The monoisotopic (exact) mass is 508 g/mol. The van der Waals surface area contributed by atoms with Crippen LogP contribution in [-0.2, 0) is 26.0 Å². The number of nitriles is 1. The second kappa shape index (κ2) is 9.85. The summed E-state index contributed by atoms with van der Waals surface area (Å²) in [5, 5.41) is 22.5. The second-order valence-corrected chi connectivity index (χ2v) is 9.88. The number of benzene rings is 3. The molecule has 0 spiro atoms. The molecule has 1 atom stereocenters. The van der Waals surface area contributed by atoms with E-state index in [1.807, 2.05) is 6.07 Å². The first-order valence-electron chi connectivity index (χ1n) is 9.57. The zero-order valence-corrected chi connectivity index (χ0v) is 18.8. The summed E-state index contributed by atoms with van der Waals surface area (Å²) in [6.07, 6.45) is 0. The van der Waals surface area contributed by atoms with Crippen molar-refractivity contribution < 1.29 is 31.5 Å². The van der Waals surface area contributed by atoms with Gasteiger partial charge in [-0.15, -0.1) is 0 Å². The fourth-order valence-corrected chi connectivity index (χ4v) is 5.11. The van der Waals surface area contributed by atoms with Gasteiger partial charge in [-0.05, 0) is 53.6 Å². The highest BCUT2D eigenvalue weighted by Crippen LogP contribution is 2.29. The minimum atomic E-state index is -4.25. The van der Waals surface area contributed by atoms with Crippen molar-refractivity contribution in [3.63, 3.8) is 0 Å². The first-order chi connectivity index (χ1) is 15.9. The summed E-state index contributed by atoms with van der Waals surface area (Å²) in [5.74, 6) is -6.37. The third kappa shape index (κ3) is 5.75. The van der Waals surface area contributed by atoms with Gasteiger partial charge in [-0.25, -0.2) is 21.6 Å². The molecule has 1 unspecified atom stereocenters. The number of hydrogen-bond donors (Lipinski definition) is 2. The van der Waals surface area contributed by atoms with Gasteiger partial charge in [0.2, 0.25) is 0 Å². The van der Waals surface area contributed by atoms with E-state index in [2.05, 4.69) is 5.32 Å². The van der Waals surface area contributed by atoms with Gasteiger partial charge in [-0.2, -0.15) is 5.26 Å². The van der Waals surface area contributed by atoms with Crippen molar-refractivity contribution in [1.29, 1.82) is 5.26 Å². The van der Waals surface area contributed by atoms with Gasteiger partial charge >= 0.3 is 0 Å². The van der Waals surface area contributed by atoms with Crippen molar-refractivity contribution in [1.82, 2.24) is 0 Å². The van der Waals surface area contributed by atoms with Gasteiger partial charge in [-0.3, -0.25) is 4.79 Å². The van der Waals surface area contributed by atoms with Crippen LogP contribution in [0.15, 0.2) is 60.7 Å². The number of nitrogens with one attached hydrogen (secondary N) is 1. The molecule has 1 amide bonds. The minimum absolute atomic E-state index is 0.0133. The lowest BCUT2D eigenvalue weighted by atomic mass is 9.94. The number of sulfone groups is 1. The van der Waals surface area contributed by atoms with Gasteiger partial charge in [0.25, 0.3) is 5.91 Å². The standard InChI is InChI=1S/C23H16ClF3N2O4S/c24-19-10-18(7-3-15(19)11-28)29-22(30)23(31,16-4-8-20(26)21(27)9-16)13-34(32,33)12-14-1-5-17(25)6-2-14/h1-10,31H,12-13H2,(H,29,30). The van der Waals surface area contributed by atoms with Gasteiger partial charge in [0.05, 0.1) is 22.1 Å². The predicted octanol–water partition coefficient (Wildman–Crippen LogP) is 4.07. The Balaban J connectivity index is 1.98. The number of rotatable bonds is 7. The number of nitrogens with zero attached hydrogens (tertiary/aromatic N) is 1. The Bertz CT molecular complexity index is 1390. The smallest absolute Gasteiger partial charge is 0.262 e. The summed E-state index contributed by atoms with van der Waals surface area (Å²) < 4.78 is 66.2. The molecule has 0 aromatic heterocycles. The molecule has 2 N–H and O–H groups in total. The lowest BCUT2D eigenvalue weighted by molar-refractivity contribution is -0.132. The van der Waals surface area contributed by atoms with Crippen molar-refractivity contribution in [2.45, 2.75) is 11.4 Å². The van der Waals surface area contributed by atoms with Crippen LogP contribution in [0.4, 0.5) is 18.9 Å². The van der Waals surface area contributed by atoms with Crippen LogP contribution in [0.3, 0.4) is 0 Å². The van der Waals surface area contributed by atoms with Crippen LogP contribution in [-0.4, -0.2) is 25.2 Å². The molecule has 3 rings (SSSR count). The van der Waals surface area contributed by atoms with E-state index in [-0.39, 0.29) is 21.8 Å². The molecule has 0 saturated heterocycles.